The fourth-order valence-corrected chi connectivity index (χ4v) is 18.9. The number of furan rings is 1. The molecular formula is C106H71N3O. The Morgan fingerprint density at radius 3 is 1.28 bits per heavy atom. The third kappa shape index (κ3) is 9.65. The Bertz CT molecular complexity index is 6990. The highest BCUT2D eigenvalue weighted by atomic mass is 16.3. The molecule has 0 aliphatic heterocycles. The van der Waals surface area contributed by atoms with Crippen LogP contribution in [0.1, 0.15) is 47.2 Å². The standard InChI is InChI=1S/C106H71N3O/c1-105(2)97-33-14-8-25-87(97)90-64-61-81(67-100(90)105)108(78-56-58-79(59-57-78)109-101-36-17-11-28-91(101)92-29-12-18-37-102(92)109)80-60-63-86-95-65-72(45-62-85(95)83-23-6-7-24-84(83)96(86)66-80)70-39-46-73(47-40-70)106(98-34-15-9-26-88(98)89-27-10-16-35-99(89)106)74-48-54-77(55-49-74)107(75-50-41-69(42-51-75)68-21-4-3-5-22-68)76-52-43-71(44-53-76)82-31-20-32-94-93-30-13-19-38-103(93)110-104(82)94/h3-67H,1-2H3. The first-order valence-electron chi connectivity index (χ1n) is 38.2. The molecule has 22 rings (SSSR count). The van der Waals surface area contributed by atoms with E-state index in [1.807, 2.05) is 6.07 Å². The van der Waals surface area contributed by atoms with Gasteiger partial charge in [0, 0.05) is 72.3 Å². The fourth-order valence-electron chi connectivity index (χ4n) is 18.9. The van der Waals surface area contributed by atoms with Gasteiger partial charge in [-0.1, -0.05) is 299 Å². The Morgan fingerprint density at radius 1 is 0.236 bits per heavy atom. The first-order valence-corrected chi connectivity index (χ1v) is 38.2. The maximum Gasteiger partial charge on any atom is 0.143 e. The van der Waals surface area contributed by atoms with E-state index < -0.39 is 5.41 Å². The quantitative estimate of drug-likeness (QED) is 0.114. The van der Waals surface area contributed by atoms with E-state index in [0.29, 0.717) is 0 Å². The van der Waals surface area contributed by atoms with Crippen molar-refractivity contribution in [2.45, 2.75) is 24.7 Å². The molecule has 0 fully saturated rings. The number of rotatable bonds is 12. The average Bonchev–Trinajstić information content (AvgIpc) is 1.51. The highest BCUT2D eigenvalue weighted by molar-refractivity contribution is 6.26. The fraction of sp³-hybridized carbons (Fsp3) is 0.0377. The summed E-state index contributed by atoms with van der Waals surface area (Å²) in [6.07, 6.45) is 0. The summed E-state index contributed by atoms with van der Waals surface area (Å²) < 4.78 is 8.96. The predicted molar refractivity (Wildman–Crippen MR) is 461 cm³/mol. The summed E-state index contributed by atoms with van der Waals surface area (Å²) in [6.45, 7) is 4.75. The third-order valence-electron chi connectivity index (χ3n) is 24.1. The highest BCUT2D eigenvalue weighted by Gasteiger charge is 2.46. The van der Waals surface area contributed by atoms with Crippen molar-refractivity contribution >= 4 is 110 Å². The Morgan fingerprint density at radius 2 is 0.627 bits per heavy atom. The topological polar surface area (TPSA) is 24.6 Å². The van der Waals surface area contributed by atoms with E-state index in [4.69, 9.17) is 4.42 Å². The normalized spacial score (nSPS) is 13.1. The van der Waals surface area contributed by atoms with Crippen molar-refractivity contribution in [2.75, 3.05) is 9.80 Å². The molecule has 0 spiro atoms. The van der Waals surface area contributed by atoms with Gasteiger partial charge < -0.3 is 18.8 Å². The van der Waals surface area contributed by atoms with Gasteiger partial charge in [-0.2, -0.15) is 0 Å². The van der Waals surface area contributed by atoms with Crippen LogP contribution in [0.25, 0.3) is 137 Å². The summed E-state index contributed by atoms with van der Waals surface area (Å²) in [6, 6.07) is 146. The van der Waals surface area contributed by atoms with E-state index in [0.717, 1.165) is 78.4 Å². The van der Waals surface area contributed by atoms with E-state index in [1.54, 1.807) is 0 Å². The smallest absolute Gasteiger partial charge is 0.143 e. The molecule has 18 aromatic carbocycles. The van der Waals surface area contributed by atoms with Crippen molar-refractivity contribution < 1.29 is 4.42 Å². The average molecular weight is 1400 g/mol. The van der Waals surface area contributed by atoms with Crippen molar-refractivity contribution in [1.29, 1.82) is 0 Å². The van der Waals surface area contributed by atoms with E-state index in [1.165, 1.54) is 126 Å². The number of para-hydroxylation sites is 4. The summed E-state index contributed by atoms with van der Waals surface area (Å²) in [5.74, 6) is 0. The second-order valence-electron chi connectivity index (χ2n) is 30.2. The molecule has 0 saturated heterocycles. The molecule has 0 amide bonds. The van der Waals surface area contributed by atoms with Gasteiger partial charge in [-0.25, -0.2) is 0 Å². The van der Waals surface area contributed by atoms with Gasteiger partial charge in [-0.3, -0.25) is 0 Å². The molecule has 2 aromatic heterocycles. The number of hydrogen-bond donors (Lipinski definition) is 0. The molecule has 4 nitrogen and oxygen atoms in total. The molecular weight excluding hydrogens is 1330 g/mol. The van der Waals surface area contributed by atoms with Crippen LogP contribution in [0.15, 0.2) is 399 Å². The van der Waals surface area contributed by atoms with Crippen LogP contribution in [0, 0.1) is 0 Å². The van der Waals surface area contributed by atoms with E-state index in [-0.39, 0.29) is 5.41 Å². The molecule has 0 bridgehead atoms. The number of fused-ring (bicyclic) bond motifs is 18. The molecule has 0 atom stereocenters. The number of benzene rings is 18. The summed E-state index contributed by atoms with van der Waals surface area (Å²) in [5.41, 5.74) is 30.6. The van der Waals surface area contributed by atoms with Crippen LogP contribution in [0.4, 0.5) is 34.1 Å². The van der Waals surface area contributed by atoms with Crippen molar-refractivity contribution in [3.63, 3.8) is 0 Å². The molecule has 0 unspecified atom stereocenters. The van der Waals surface area contributed by atoms with Crippen LogP contribution in [0.2, 0.25) is 0 Å². The lowest BCUT2D eigenvalue weighted by Crippen LogP contribution is -2.28. The minimum absolute atomic E-state index is 0.181. The molecule has 4 heteroatoms. The van der Waals surface area contributed by atoms with Gasteiger partial charge in [0.2, 0.25) is 0 Å². The monoisotopic (exact) mass is 1400 g/mol. The van der Waals surface area contributed by atoms with Gasteiger partial charge in [-0.05, 0) is 225 Å². The summed E-state index contributed by atoms with van der Waals surface area (Å²) >= 11 is 0. The number of aromatic nitrogens is 1. The van der Waals surface area contributed by atoms with Crippen LogP contribution in [-0.4, -0.2) is 4.57 Å². The predicted octanol–water partition coefficient (Wildman–Crippen LogP) is 28.8. The van der Waals surface area contributed by atoms with Gasteiger partial charge in [0.25, 0.3) is 0 Å². The molecule has 516 valence electrons. The van der Waals surface area contributed by atoms with Crippen molar-refractivity contribution in [3.05, 3.63) is 428 Å². The summed E-state index contributed by atoms with van der Waals surface area (Å²) in [4.78, 5) is 4.86. The first-order chi connectivity index (χ1) is 54.3. The SMILES string of the molecule is CC1(C)c2ccccc2-c2ccc(N(c3ccc(-n4c5ccccc5c5ccccc54)cc3)c3ccc4c5cc(-c6ccc(C7(c8ccc(N(c9ccc(-c%10ccccc%10)cc9)c9ccc(-c%10cccc%11c%10oc%10ccccc%10%11)cc9)cc8)c8ccccc8-c8ccccc87)cc6)ccc5c5ccccc5c4c3)cc21. The van der Waals surface area contributed by atoms with Crippen LogP contribution in [0.3, 0.4) is 0 Å². The third-order valence-corrected chi connectivity index (χ3v) is 24.1. The minimum atomic E-state index is -0.634. The molecule has 2 aliphatic carbocycles. The highest BCUT2D eigenvalue weighted by Crippen LogP contribution is 2.58. The van der Waals surface area contributed by atoms with Crippen LogP contribution in [-0.2, 0) is 10.8 Å². The lowest BCUT2D eigenvalue weighted by Gasteiger charge is -2.34. The number of anilines is 6. The molecule has 20 aromatic rings. The molecule has 0 saturated carbocycles. The van der Waals surface area contributed by atoms with Gasteiger partial charge >= 0.3 is 0 Å². The van der Waals surface area contributed by atoms with Crippen molar-refractivity contribution in [1.82, 2.24) is 4.57 Å². The van der Waals surface area contributed by atoms with Crippen LogP contribution in [0.5, 0.6) is 0 Å². The van der Waals surface area contributed by atoms with Crippen LogP contribution >= 0.6 is 0 Å². The second-order valence-corrected chi connectivity index (χ2v) is 30.2. The van der Waals surface area contributed by atoms with E-state index in [2.05, 4.69) is 416 Å². The molecule has 2 aliphatic rings. The zero-order chi connectivity index (χ0) is 72.8. The zero-order valence-corrected chi connectivity index (χ0v) is 60.8. The van der Waals surface area contributed by atoms with Crippen molar-refractivity contribution in [3.8, 4) is 61.3 Å². The number of nitrogens with zero attached hydrogens (tertiary/aromatic N) is 3. The Hall–Kier alpha value is -14.1. The Labute approximate surface area is 638 Å². The largest absolute Gasteiger partial charge is 0.455 e. The summed E-state index contributed by atoms with van der Waals surface area (Å²) in [7, 11) is 0. The maximum absolute atomic E-state index is 6.56. The van der Waals surface area contributed by atoms with Gasteiger partial charge in [-0.15, -0.1) is 0 Å². The first kappa shape index (κ1) is 63.2. The van der Waals surface area contributed by atoms with Gasteiger partial charge in [0.15, 0.2) is 0 Å². The molecule has 110 heavy (non-hydrogen) atoms. The zero-order valence-electron chi connectivity index (χ0n) is 60.8. The minimum Gasteiger partial charge on any atom is -0.455 e. The molecule has 0 radical (unpaired) electrons. The second kappa shape index (κ2) is 24.8. The van der Waals surface area contributed by atoms with E-state index >= 15 is 0 Å². The van der Waals surface area contributed by atoms with Crippen molar-refractivity contribution in [2.24, 2.45) is 0 Å². The van der Waals surface area contributed by atoms with Gasteiger partial charge in [0.1, 0.15) is 11.2 Å². The van der Waals surface area contributed by atoms with Gasteiger partial charge in [0.05, 0.1) is 16.4 Å². The maximum atomic E-state index is 6.56. The lowest BCUT2D eigenvalue weighted by molar-refractivity contribution is 0.660. The molecule has 2 heterocycles. The lowest BCUT2D eigenvalue weighted by atomic mass is 9.67. The number of hydrogen-bond acceptors (Lipinski definition) is 3. The molecule has 0 N–H and O–H groups in total. The summed E-state index contributed by atoms with van der Waals surface area (Å²) in [5, 5.41) is 12.1. The Kier molecular flexibility index (Phi) is 14.2. The Balaban J connectivity index is 0.650. The van der Waals surface area contributed by atoms with Crippen LogP contribution < -0.4 is 9.80 Å². The van der Waals surface area contributed by atoms with E-state index in [9.17, 15) is 0 Å².